The van der Waals surface area contributed by atoms with Gasteiger partial charge in [0.1, 0.15) is 13.2 Å². The number of hydrogen-bond acceptors (Lipinski definition) is 6. The average Bonchev–Trinajstić information content (AvgIpc) is 3.47. The van der Waals surface area contributed by atoms with Crippen molar-refractivity contribution in [1.29, 1.82) is 0 Å². The number of rotatable bonds is 64. The smallest absolute Gasteiger partial charge is 0.306 e. The molecule has 0 N–H and O–H groups in total. The summed E-state index contributed by atoms with van der Waals surface area (Å²) in [5.74, 6) is -0.888. The van der Waals surface area contributed by atoms with Gasteiger partial charge in [0.25, 0.3) is 0 Å². The van der Waals surface area contributed by atoms with Gasteiger partial charge < -0.3 is 14.2 Å². The summed E-state index contributed by atoms with van der Waals surface area (Å²) in [6.07, 6.45) is 94.4. The predicted molar refractivity (Wildman–Crippen MR) is 357 cm³/mol. The average molecular weight is 1140 g/mol. The maximum atomic E-state index is 12.9. The number of hydrogen-bond donors (Lipinski definition) is 0. The standard InChI is InChI=1S/C76H132O6/c1-4-7-10-13-16-19-22-25-28-30-31-32-33-34-35-36-37-38-39-40-41-42-43-44-45-46-49-51-54-57-60-63-66-69-75(78)81-72-73(71-80-74(77)68-65-62-59-56-53-50-47-27-24-21-18-15-12-9-6-3)82-76(79)70-67-64-61-58-55-52-48-29-26-23-20-17-14-11-8-5-2/h7,10,16,18-19,21,25,27-29,31-32,34-35,47-48,73H,4-6,8-9,11-15,17,20,22-24,26,30,33,36-46,49-72H2,1-3H3/b10-7-,19-16-,21-18-,28-25-,32-31-,35-34-,47-27-,48-29-. The van der Waals surface area contributed by atoms with Crippen molar-refractivity contribution < 1.29 is 28.6 Å². The van der Waals surface area contributed by atoms with E-state index in [-0.39, 0.29) is 31.1 Å². The maximum Gasteiger partial charge on any atom is 0.306 e. The Kier molecular flexibility index (Phi) is 66.7. The van der Waals surface area contributed by atoms with Crippen molar-refractivity contribution in [2.24, 2.45) is 0 Å². The molecule has 0 saturated carbocycles. The second-order valence-corrected chi connectivity index (χ2v) is 23.4. The summed E-state index contributed by atoms with van der Waals surface area (Å²) < 4.78 is 17.0. The number of ether oxygens (including phenoxy) is 3. The minimum absolute atomic E-state index is 0.0819. The van der Waals surface area contributed by atoms with Gasteiger partial charge in [0.05, 0.1) is 0 Å². The second kappa shape index (κ2) is 69.8. The molecule has 0 radical (unpaired) electrons. The molecule has 6 heteroatoms. The van der Waals surface area contributed by atoms with Crippen molar-refractivity contribution in [1.82, 2.24) is 0 Å². The van der Waals surface area contributed by atoms with Crippen molar-refractivity contribution in [2.45, 2.75) is 354 Å². The monoisotopic (exact) mass is 1140 g/mol. The number of unbranched alkanes of at least 4 members (excludes halogenated alkanes) is 37. The van der Waals surface area contributed by atoms with Gasteiger partial charge in [-0.15, -0.1) is 0 Å². The van der Waals surface area contributed by atoms with E-state index in [1.54, 1.807) is 0 Å². The highest BCUT2D eigenvalue weighted by Crippen LogP contribution is 2.17. The third-order valence-electron chi connectivity index (χ3n) is 15.3. The fourth-order valence-electron chi connectivity index (χ4n) is 10.0. The van der Waals surface area contributed by atoms with Crippen LogP contribution >= 0.6 is 0 Å². The zero-order valence-corrected chi connectivity index (χ0v) is 54.2. The Morgan fingerprint density at radius 1 is 0.256 bits per heavy atom. The first kappa shape index (κ1) is 78.3. The van der Waals surface area contributed by atoms with Gasteiger partial charge in [-0.1, -0.05) is 304 Å². The molecule has 0 aliphatic carbocycles. The molecule has 82 heavy (non-hydrogen) atoms. The van der Waals surface area contributed by atoms with Crippen molar-refractivity contribution in [3.05, 3.63) is 97.2 Å². The van der Waals surface area contributed by atoms with Crippen LogP contribution in [0.25, 0.3) is 0 Å². The fourth-order valence-corrected chi connectivity index (χ4v) is 10.0. The summed E-state index contributed by atoms with van der Waals surface area (Å²) in [7, 11) is 0. The molecule has 0 aliphatic heterocycles. The molecule has 0 aromatic heterocycles. The first-order valence-electron chi connectivity index (χ1n) is 35.2. The molecule has 0 rings (SSSR count). The van der Waals surface area contributed by atoms with Crippen LogP contribution in [0.1, 0.15) is 348 Å². The third-order valence-corrected chi connectivity index (χ3v) is 15.3. The number of carbonyl (C=O) groups is 3. The summed E-state index contributed by atoms with van der Waals surface area (Å²) in [5.41, 5.74) is 0. The highest BCUT2D eigenvalue weighted by atomic mass is 16.6. The molecule has 0 fully saturated rings. The summed E-state index contributed by atoms with van der Waals surface area (Å²) >= 11 is 0. The molecule has 0 spiro atoms. The van der Waals surface area contributed by atoms with E-state index in [1.807, 2.05) is 0 Å². The largest absolute Gasteiger partial charge is 0.462 e. The normalized spacial score (nSPS) is 12.7. The lowest BCUT2D eigenvalue weighted by molar-refractivity contribution is -0.167. The van der Waals surface area contributed by atoms with Crippen molar-refractivity contribution >= 4 is 17.9 Å². The molecule has 0 aromatic carbocycles. The molecule has 6 nitrogen and oxygen atoms in total. The Labute approximate surface area is 508 Å². The lowest BCUT2D eigenvalue weighted by Gasteiger charge is -2.18. The van der Waals surface area contributed by atoms with Crippen LogP contribution in [-0.2, 0) is 28.6 Å². The number of esters is 3. The lowest BCUT2D eigenvalue weighted by Crippen LogP contribution is -2.30. The predicted octanol–water partition coefficient (Wildman–Crippen LogP) is 24.4. The van der Waals surface area contributed by atoms with Crippen LogP contribution in [0.4, 0.5) is 0 Å². The van der Waals surface area contributed by atoms with Crippen LogP contribution in [0.2, 0.25) is 0 Å². The first-order valence-corrected chi connectivity index (χ1v) is 35.2. The van der Waals surface area contributed by atoms with E-state index >= 15 is 0 Å². The number of carbonyl (C=O) groups excluding carboxylic acids is 3. The maximum absolute atomic E-state index is 12.9. The van der Waals surface area contributed by atoms with Gasteiger partial charge in [-0.2, -0.15) is 0 Å². The van der Waals surface area contributed by atoms with Crippen LogP contribution in [0.15, 0.2) is 97.2 Å². The highest BCUT2D eigenvalue weighted by Gasteiger charge is 2.19. The summed E-state index contributed by atoms with van der Waals surface area (Å²) in [5, 5.41) is 0. The van der Waals surface area contributed by atoms with E-state index in [1.165, 1.54) is 186 Å². The Balaban J connectivity index is 4.20. The minimum atomic E-state index is -0.787. The van der Waals surface area contributed by atoms with Crippen molar-refractivity contribution in [3.8, 4) is 0 Å². The van der Waals surface area contributed by atoms with Gasteiger partial charge in [-0.25, -0.2) is 0 Å². The second-order valence-electron chi connectivity index (χ2n) is 23.4. The van der Waals surface area contributed by atoms with Crippen LogP contribution in [0, 0.1) is 0 Å². The molecule has 1 atom stereocenters. The van der Waals surface area contributed by atoms with Gasteiger partial charge in [0, 0.05) is 19.3 Å². The van der Waals surface area contributed by atoms with E-state index < -0.39 is 6.10 Å². The first-order chi connectivity index (χ1) is 40.5. The molecule has 0 bridgehead atoms. The van der Waals surface area contributed by atoms with E-state index in [4.69, 9.17) is 14.2 Å². The zero-order chi connectivity index (χ0) is 59.2. The van der Waals surface area contributed by atoms with Crippen LogP contribution in [0.3, 0.4) is 0 Å². The molecule has 0 amide bonds. The highest BCUT2D eigenvalue weighted by molar-refractivity contribution is 5.71. The molecule has 0 saturated heterocycles. The zero-order valence-electron chi connectivity index (χ0n) is 54.2. The molecular formula is C76H132O6. The van der Waals surface area contributed by atoms with Crippen LogP contribution < -0.4 is 0 Å². The summed E-state index contributed by atoms with van der Waals surface area (Å²) in [6, 6.07) is 0. The molecule has 0 aromatic rings. The summed E-state index contributed by atoms with van der Waals surface area (Å²) in [4.78, 5) is 38.4. The number of allylic oxidation sites excluding steroid dienone is 16. The molecule has 0 aliphatic rings. The van der Waals surface area contributed by atoms with Crippen molar-refractivity contribution in [3.63, 3.8) is 0 Å². The SMILES string of the molecule is CC/C=C\C/C=C\C/C=C\C/C=C\C/C=C\CCCCCCCCCCCCCCCCCCCC(=O)OCC(COC(=O)CCCCCCC/C=C\C/C=C\CCCCC)OC(=O)CCCCCCC/C=C\CCCCCCCCC. The van der Waals surface area contributed by atoms with Gasteiger partial charge in [-0.3, -0.25) is 14.4 Å². The Hall–Kier alpha value is -3.67. The van der Waals surface area contributed by atoms with Gasteiger partial charge in [-0.05, 0) is 122 Å². The molecule has 0 heterocycles. The molecule has 1 unspecified atom stereocenters. The van der Waals surface area contributed by atoms with Crippen LogP contribution in [-0.4, -0.2) is 37.2 Å². The quantitative estimate of drug-likeness (QED) is 0.0261. The van der Waals surface area contributed by atoms with Gasteiger partial charge in [0.2, 0.25) is 0 Å². The van der Waals surface area contributed by atoms with Gasteiger partial charge >= 0.3 is 17.9 Å². The van der Waals surface area contributed by atoms with Crippen LogP contribution in [0.5, 0.6) is 0 Å². The van der Waals surface area contributed by atoms with Crippen molar-refractivity contribution in [2.75, 3.05) is 13.2 Å². The molecular weight excluding hydrogens is 1010 g/mol. The van der Waals surface area contributed by atoms with E-state index in [0.29, 0.717) is 19.3 Å². The lowest BCUT2D eigenvalue weighted by atomic mass is 10.0. The summed E-state index contributed by atoms with van der Waals surface area (Å²) in [6.45, 7) is 6.52. The van der Waals surface area contributed by atoms with E-state index in [0.717, 1.165) is 122 Å². The fraction of sp³-hybridized carbons (Fsp3) is 0.750. The van der Waals surface area contributed by atoms with E-state index in [9.17, 15) is 14.4 Å². The minimum Gasteiger partial charge on any atom is -0.462 e. The third kappa shape index (κ3) is 67.1. The topological polar surface area (TPSA) is 78.9 Å². The molecule has 472 valence electrons. The van der Waals surface area contributed by atoms with Gasteiger partial charge in [0.15, 0.2) is 6.10 Å². The Morgan fingerprint density at radius 3 is 0.780 bits per heavy atom. The Bertz CT molecular complexity index is 1590. The Morgan fingerprint density at radius 2 is 0.476 bits per heavy atom. The van der Waals surface area contributed by atoms with E-state index in [2.05, 4.69) is 118 Å².